The molecule has 0 radical (unpaired) electrons. The predicted octanol–water partition coefficient (Wildman–Crippen LogP) is 4.52. The lowest BCUT2D eigenvalue weighted by Gasteiger charge is -2.25. The Bertz CT molecular complexity index is 1690. The number of benzene rings is 1. The van der Waals surface area contributed by atoms with Crippen molar-refractivity contribution in [2.75, 3.05) is 38.2 Å². The first kappa shape index (κ1) is 32.4. The van der Waals surface area contributed by atoms with Crippen molar-refractivity contribution in [1.29, 1.82) is 5.26 Å². The molecule has 0 saturated carbocycles. The lowest BCUT2D eigenvalue weighted by Crippen LogP contribution is -2.41. The van der Waals surface area contributed by atoms with Crippen molar-refractivity contribution >= 4 is 46.7 Å². The normalized spacial score (nSPS) is 13.1. The number of carbonyl (C=O) groups excluding carboxylic acids is 1. The molecule has 2 N–H and O–H groups in total. The second kappa shape index (κ2) is 14.3. The van der Waals surface area contributed by atoms with Crippen molar-refractivity contribution in [3.8, 4) is 17.3 Å². The number of pyridine rings is 1. The summed E-state index contributed by atoms with van der Waals surface area (Å²) in [6.45, 7) is 2.52. The van der Waals surface area contributed by atoms with Gasteiger partial charge >= 0.3 is 12.1 Å². The number of morpholine rings is 1. The maximum absolute atomic E-state index is 13.0. The molecule has 1 saturated heterocycles. The highest BCUT2D eigenvalue weighted by Crippen LogP contribution is 2.30. The van der Waals surface area contributed by atoms with E-state index in [1.807, 2.05) is 6.07 Å². The summed E-state index contributed by atoms with van der Waals surface area (Å²) < 4.78 is 38.6. The number of hydrogen-bond acceptors (Lipinski definition) is 9. The molecule has 1 fully saturated rings. The molecule has 12 nitrogen and oxygen atoms in total. The first-order valence-electron chi connectivity index (χ1n) is 13.0. The monoisotopic (exact) mass is 650 g/mol. The molecule has 1 aromatic carbocycles. The van der Waals surface area contributed by atoms with Gasteiger partial charge in [0.1, 0.15) is 6.07 Å². The average molecular weight is 651 g/mol. The van der Waals surface area contributed by atoms with Gasteiger partial charge in [0, 0.05) is 48.2 Å². The van der Waals surface area contributed by atoms with E-state index < -0.39 is 12.1 Å². The van der Waals surface area contributed by atoms with Crippen LogP contribution in [0.5, 0.6) is 0 Å². The molecule has 0 unspecified atom stereocenters. The van der Waals surface area contributed by atoms with Crippen LogP contribution in [-0.4, -0.2) is 85.5 Å². The summed E-state index contributed by atoms with van der Waals surface area (Å²) in [5, 5.41) is 24.8. The highest BCUT2D eigenvalue weighted by molar-refractivity contribution is 6.36. The fourth-order valence-corrected chi connectivity index (χ4v) is 4.45. The van der Waals surface area contributed by atoms with Crippen LogP contribution in [0.3, 0.4) is 0 Å². The van der Waals surface area contributed by atoms with Crippen LogP contribution in [0.2, 0.25) is 10.0 Å². The molecular weight excluding hydrogens is 628 g/mol. The van der Waals surface area contributed by atoms with Crippen LogP contribution in [0.15, 0.2) is 42.6 Å². The van der Waals surface area contributed by atoms with E-state index in [-0.39, 0.29) is 11.7 Å². The number of aryl methyl sites for hydroxylation is 1. The lowest BCUT2D eigenvalue weighted by molar-refractivity contribution is -0.192. The number of aromatic nitrogens is 5. The average Bonchev–Trinajstić information content (AvgIpc) is 3.44. The molecule has 230 valence electrons. The predicted molar refractivity (Wildman–Crippen MR) is 152 cm³/mol. The second-order valence-corrected chi connectivity index (χ2v) is 10.0. The quantitative estimate of drug-likeness (QED) is 0.272. The van der Waals surface area contributed by atoms with Gasteiger partial charge in [-0.2, -0.15) is 22.9 Å². The van der Waals surface area contributed by atoms with Crippen molar-refractivity contribution in [1.82, 2.24) is 29.5 Å². The summed E-state index contributed by atoms with van der Waals surface area (Å²) in [4.78, 5) is 37.2. The van der Waals surface area contributed by atoms with E-state index in [0.717, 1.165) is 12.1 Å². The molecule has 0 spiro atoms. The molecule has 0 aliphatic carbocycles. The zero-order chi connectivity index (χ0) is 31.9. The number of alkyl halides is 3. The Kier molecular flexibility index (Phi) is 10.5. The SMILES string of the molecule is N#Cc1ccc(CCCNc2nc(-c3ccc(Cl)cc3Cl)cc3nc(C(=O)N4CCOCC4)nn23)nc1.O=C(O)C(F)(F)F. The Labute approximate surface area is 258 Å². The molecule has 5 rings (SSSR count). The van der Waals surface area contributed by atoms with Crippen LogP contribution in [0.1, 0.15) is 28.3 Å². The minimum atomic E-state index is -5.08. The van der Waals surface area contributed by atoms with E-state index >= 15 is 0 Å². The summed E-state index contributed by atoms with van der Waals surface area (Å²) in [6, 6.07) is 12.6. The third-order valence-electron chi connectivity index (χ3n) is 6.11. The third-order valence-corrected chi connectivity index (χ3v) is 6.66. The van der Waals surface area contributed by atoms with Crippen LogP contribution in [-0.2, 0) is 16.0 Å². The van der Waals surface area contributed by atoms with Gasteiger partial charge in [0.2, 0.25) is 11.8 Å². The molecular formula is C27H23Cl2F3N8O4. The standard InChI is InChI=1S/C25H22Cl2N8O2.C2HF3O2/c26-17-4-6-19(20(27)12-17)21-13-22-32-23(24(36)34-8-10-37-11-9-34)33-35(22)25(31-21)29-7-1-2-18-5-3-16(14-28)15-30-18;3-2(4,5)1(6)7/h3-6,12-13,15H,1-2,7-11H2,(H,29,31);(H,6,7). The highest BCUT2D eigenvalue weighted by atomic mass is 35.5. The smallest absolute Gasteiger partial charge is 0.475 e. The van der Waals surface area contributed by atoms with E-state index in [4.69, 9.17) is 48.1 Å². The number of nitriles is 1. The Balaban J connectivity index is 0.000000566. The second-order valence-electron chi connectivity index (χ2n) is 9.18. The number of ether oxygens (including phenoxy) is 1. The summed E-state index contributed by atoms with van der Waals surface area (Å²) in [7, 11) is 0. The molecule has 4 aromatic rings. The van der Waals surface area contributed by atoms with E-state index in [0.29, 0.717) is 77.7 Å². The topological polar surface area (TPSA) is 159 Å². The van der Waals surface area contributed by atoms with Crippen molar-refractivity contribution in [3.05, 3.63) is 69.7 Å². The minimum Gasteiger partial charge on any atom is -0.475 e. The third kappa shape index (κ3) is 8.31. The number of carboxylic acids is 1. The number of nitrogens with zero attached hydrogens (tertiary/aromatic N) is 7. The first-order chi connectivity index (χ1) is 21.0. The molecule has 44 heavy (non-hydrogen) atoms. The first-order valence-corrected chi connectivity index (χ1v) is 13.7. The fourth-order valence-electron chi connectivity index (χ4n) is 3.95. The molecule has 4 heterocycles. The van der Waals surface area contributed by atoms with Crippen LogP contribution < -0.4 is 5.32 Å². The van der Waals surface area contributed by atoms with Crippen LogP contribution >= 0.6 is 23.2 Å². The Morgan fingerprint density at radius 3 is 2.45 bits per heavy atom. The van der Waals surface area contributed by atoms with Gasteiger partial charge in [-0.3, -0.25) is 9.78 Å². The van der Waals surface area contributed by atoms with E-state index in [1.165, 1.54) is 4.52 Å². The Morgan fingerprint density at radius 1 is 1.11 bits per heavy atom. The molecule has 1 aliphatic heterocycles. The molecule has 3 aromatic heterocycles. The van der Waals surface area contributed by atoms with Gasteiger partial charge in [-0.25, -0.2) is 14.8 Å². The van der Waals surface area contributed by atoms with Gasteiger partial charge in [-0.05, 0) is 43.2 Å². The number of hydrogen-bond donors (Lipinski definition) is 2. The highest BCUT2D eigenvalue weighted by Gasteiger charge is 2.38. The number of aliphatic carboxylic acids is 1. The Morgan fingerprint density at radius 2 is 1.84 bits per heavy atom. The van der Waals surface area contributed by atoms with Gasteiger partial charge < -0.3 is 20.1 Å². The van der Waals surface area contributed by atoms with Crippen LogP contribution in [0.25, 0.3) is 16.9 Å². The fraction of sp³-hybridized carbons (Fsp3) is 0.296. The molecule has 1 aliphatic rings. The number of rotatable bonds is 7. The van der Waals surface area contributed by atoms with Gasteiger partial charge in [0.15, 0.2) is 5.65 Å². The number of amides is 1. The Hall–Kier alpha value is -4.52. The van der Waals surface area contributed by atoms with Gasteiger partial charge in [-0.1, -0.05) is 23.2 Å². The molecule has 0 atom stereocenters. The minimum absolute atomic E-state index is 0.0906. The van der Waals surface area contributed by atoms with E-state index in [2.05, 4.69) is 26.5 Å². The lowest BCUT2D eigenvalue weighted by atomic mass is 10.1. The van der Waals surface area contributed by atoms with Gasteiger partial charge in [0.25, 0.3) is 5.91 Å². The largest absolute Gasteiger partial charge is 0.490 e. The van der Waals surface area contributed by atoms with Crippen molar-refractivity contribution in [2.24, 2.45) is 0 Å². The number of halogens is 5. The summed E-state index contributed by atoms with van der Waals surface area (Å²) in [5.74, 6) is -2.49. The molecule has 17 heteroatoms. The summed E-state index contributed by atoms with van der Waals surface area (Å²) >= 11 is 12.5. The maximum Gasteiger partial charge on any atom is 0.490 e. The van der Waals surface area contributed by atoms with E-state index in [9.17, 15) is 18.0 Å². The number of carbonyl (C=O) groups is 2. The zero-order valence-corrected chi connectivity index (χ0v) is 24.2. The summed E-state index contributed by atoms with van der Waals surface area (Å²) in [5.41, 5.74) is 3.13. The van der Waals surface area contributed by atoms with Crippen LogP contribution in [0.4, 0.5) is 19.1 Å². The molecule has 0 bridgehead atoms. The van der Waals surface area contributed by atoms with Crippen molar-refractivity contribution < 1.29 is 32.6 Å². The number of fused-ring (bicyclic) bond motifs is 1. The van der Waals surface area contributed by atoms with Crippen molar-refractivity contribution in [3.63, 3.8) is 0 Å². The van der Waals surface area contributed by atoms with Crippen molar-refractivity contribution in [2.45, 2.75) is 19.0 Å². The number of anilines is 1. The van der Waals surface area contributed by atoms with Crippen LogP contribution in [0, 0.1) is 11.3 Å². The van der Waals surface area contributed by atoms with Gasteiger partial charge in [-0.15, -0.1) is 5.10 Å². The maximum atomic E-state index is 13.0. The zero-order valence-electron chi connectivity index (χ0n) is 22.7. The number of nitrogens with one attached hydrogen (secondary N) is 1. The molecule has 1 amide bonds. The van der Waals surface area contributed by atoms with E-state index in [1.54, 1.807) is 41.4 Å². The summed E-state index contributed by atoms with van der Waals surface area (Å²) in [6.07, 6.45) is -2.06. The number of carboxylic acid groups (broad SMARTS) is 1. The van der Waals surface area contributed by atoms with Gasteiger partial charge in [0.05, 0.1) is 29.5 Å².